The van der Waals surface area contributed by atoms with E-state index in [1.54, 1.807) is 0 Å². The number of rotatable bonds is 0. The fourth-order valence-electron chi connectivity index (χ4n) is 0.924. The van der Waals surface area contributed by atoms with E-state index in [2.05, 4.69) is 9.40 Å². The Bertz CT molecular complexity index is 443. The number of hydrogen-bond donors (Lipinski definition) is 1. The van der Waals surface area contributed by atoms with Crippen LogP contribution in [0, 0.1) is 5.82 Å². The van der Waals surface area contributed by atoms with Gasteiger partial charge in [-0.05, 0) is 12.1 Å². The molecule has 0 saturated carbocycles. The van der Waals surface area contributed by atoms with Gasteiger partial charge in [0.1, 0.15) is 5.82 Å². The first-order valence-corrected chi connectivity index (χ1v) is 3.04. The van der Waals surface area contributed by atoms with Crippen molar-refractivity contribution >= 4 is 11.1 Å². The van der Waals surface area contributed by atoms with Crippen molar-refractivity contribution in [1.29, 1.82) is 0 Å². The molecule has 2 aromatic rings. The minimum Gasteiger partial charge on any atom is -0.408 e. The molecule has 0 fully saturated rings. The molecule has 11 heavy (non-hydrogen) atoms. The van der Waals surface area contributed by atoms with Gasteiger partial charge in [-0.25, -0.2) is 9.18 Å². The van der Waals surface area contributed by atoms with Crippen molar-refractivity contribution in [2.45, 2.75) is 0 Å². The number of hydrogen-bond acceptors (Lipinski definition) is 2. The van der Waals surface area contributed by atoms with E-state index in [-0.39, 0.29) is 0 Å². The Morgan fingerprint density at radius 1 is 1.45 bits per heavy atom. The fraction of sp³-hybridized carbons (Fsp3) is 0. The van der Waals surface area contributed by atoms with Gasteiger partial charge in [0.25, 0.3) is 0 Å². The molecule has 0 unspecified atom stereocenters. The van der Waals surface area contributed by atoms with Gasteiger partial charge in [-0.3, -0.25) is 4.98 Å². The van der Waals surface area contributed by atoms with Gasteiger partial charge in [0.2, 0.25) is 0 Å². The maximum absolute atomic E-state index is 12.5. The molecule has 0 atom stereocenters. The van der Waals surface area contributed by atoms with Crippen molar-refractivity contribution in [2.75, 3.05) is 0 Å². The van der Waals surface area contributed by atoms with Crippen LogP contribution in [0.5, 0.6) is 0 Å². The van der Waals surface area contributed by atoms with Gasteiger partial charge in [-0.1, -0.05) is 0 Å². The van der Waals surface area contributed by atoms with Gasteiger partial charge < -0.3 is 4.42 Å². The normalized spacial score (nSPS) is 10.6. The molecule has 0 spiro atoms. The molecule has 3 nitrogen and oxygen atoms in total. The molecule has 1 N–H and O–H groups in total. The third-order valence-corrected chi connectivity index (χ3v) is 1.38. The molecule has 56 valence electrons. The molecular weight excluding hydrogens is 149 g/mol. The number of H-pyrrole nitrogens is 1. The van der Waals surface area contributed by atoms with Crippen LogP contribution in [0.25, 0.3) is 11.1 Å². The highest BCUT2D eigenvalue weighted by Gasteiger charge is 1.99. The highest BCUT2D eigenvalue weighted by Crippen LogP contribution is 2.10. The number of oxazole rings is 1. The zero-order valence-corrected chi connectivity index (χ0v) is 5.43. The second kappa shape index (κ2) is 1.95. The summed E-state index contributed by atoms with van der Waals surface area (Å²) >= 11 is 0. The van der Waals surface area contributed by atoms with Gasteiger partial charge in [0, 0.05) is 6.07 Å². The highest BCUT2D eigenvalue weighted by atomic mass is 19.1. The van der Waals surface area contributed by atoms with E-state index in [1.165, 1.54) is 18.2 Å². The molecule has 0 aliphatic carbocycles. The topological polar surface area (TPSA) is 46.0 Å². The van der Waals surface area contributed by atoms with Crippen molar-refractivity contribution in [3.63, 3.8) is 0 Å². The Morgan fingerprint density at radius 3 is 3.09 bits per heavy atom. The first-order chi connectivity index (χ1) is 5.25. The minimum absolute atomic E-state index is 0.372. The second-order valence-corrected chi connectivity index (χ2v) is 2.16. The average Bonchev–Trinajstić information content (AvgIpc) is 2.27. The maximum atomic E-state index is 12.5. The van der Waals surface area contributed by atoms with Crippen LogP contribution in [-0.4, -0.2) is 4.98 Å². The van der Waals surface area contributed by atoms with Crippen LogP contribution in [-0.2, 0) is 0 Å². The van der Waals surface area contributed by atoms with Gasteiger partial charge >= 0.3 is 5.76 Å². The maximum Gasteiger partial charge on any atom is 0.417 e. The number of halogens is 1. The van der Waals surface area contributed by atoms with Gasteiger partial charge in [0.05, 0.1) is 5.52 Å². The van der Waals surface area contributed by atoms with Gasteiger partial charge in [0.15, 0.2) is 5.58 Å². The Morgan fingerprint density at radius 2 is 2.27 bits per heavy atom. The summed E-state index contributed by atoms with van der Waals surface area (Å²) in [5.74, 6) is -0.958. The molecule has 1 aromatic heterocycles. The Kier molecular flexibility index (Phi) is 1.09. The summed E-state index contributed by atoms with van der Waals surface area (Å²) in [6, 6.07) is 3.85. The Hall–Kier alpha value is -1.58. The van der Waals surface area contributed by atoms with Crippen LogP contribution in [0.1, 0.15) is 0 Å². The standard InChI is InChI=1S/C7H4FNO2/c8-4-1-2-6-5(3-4)9-7(10)11-6/h1-3H,(H,9,10). The first-order valence-electron chi connectivity index (χ1n) is 3.04. The smallest absolute Gasteiger partial charge is 0.408 e. The number of aromatic nitrogens is 1. The largest absolute Gasteiger partial charge is 0.417 e. The predicted octanol–water partition coefficient (Wildman–Crippen LogP) is 1.26. The van der Waals surface area contributed by atoms with Crippen molar-refractivity contribution in [3.8, 4) is 0 Å². The number of benzene rings is 1. The van der Waals surface area contributed by atoms with Crippen molar-refractivity contribution < 1.29 is 8.81 Å². The monoisotopic (exact) mass is 153 g/mol. The molecule has 0 saturated heterocycles. The van der Waals surface area contributed by atoms with Crippen molar-refractivity contribution in [1.82, 2.24) is 4.98 Å². The molecule has 0 radical (unpaired) electrons. The molecular formula is C7H4FNO2. The Balaban J connectivity index is 2.92. The average molecular weight is 153 g/mol. The van der Waals surface area contributed by atoms with Crippen LogP contribution >= 0.6 is 0 Å². The van der Waals surface area contributed by atoms with E-state index in [9.17, 15) is 9.18 Å². The van der Waals surface area contributed by atoms with Crippen LogP contribution in [0.2, 0.25) is 0 Å². The van der Waals surface area contributed by atoms with Gasteiger partial charge in [-0.2, -0.15) is 0 Å². The van der Waals surface area contributed by atoms with E-state index in [4.69, 9.17) is 0 Å². The van der Waals surface area contributed by atoms with Gasteiger partial charge in [-0.15, -0.1) is 0 Å². The number of nitrogens with one attached hydrogen (secondary N) is 1. The van der Waals surface area contributed by atoms with E-state index >= 15 is 0 Å². The van der Waals surface area contributed by atoms with Crippen LogP contribution in [0.4, 0.5) is 4.39 Å². The van der Waals surface area contributed by atoms with Crippen LogP contribution in [0.3, 0.4) is 0 Å². The SMILES string of the molecule is O=c1[nH]c2cc(F)ccc2o1. The minimum atomic E-state index is -0.564. The first kappa shape index (κ1) is 6.15. The second-order valence-electron chi connectivity index (χ2n) is 2.16. The predicted molar refractivity (Wildman–Crippen MR) is 36.8 cm³/mol. The summed E-state index contributed by atoms with van der Waals surface area (Å²) in [4.78, 5) is 12.9. The highest BCUT2D eigenvalue weighted by molar-refractivity contribution is 5.71. The van der Waals surface area contributed by atoms with E-state index < -0.39 is 11.6 Å². The van der Waals surface area contributed by atoms with Crippen molar-refractivity contribution in [3.05, 3.63) is 34.6 Å². The van der Waals surface area contributed by atoms with E-state index in [0.29, 0.717) is 11.1 Å². The number of aromatic amines is 1. The molecule has 0 aliphatic rings. The Labute approximate surface area is 60.5 Å². The zero-order valence-electron chi connectivity index (χ0n) is 5.43. The molecule has 1 aromatic carbocycles. The lowest BCUT2D eigenvalue weighted by Crippen LogP contribution is -1.92. The molecule has 2 rings (SSSR count). The fourth-order valence-corrected chi connectivity index (χ4v) is 0.924. The summed E-state index contributed by atoms with van der Waals surface area (Å²) < 4.78 is 17.1. The lowest BCUT2D eigenvalue weighted by molar-refractivity contribution is 0.554. The summed E-state index contributed by atoms with van der Waals surface area (Å²) in [7, 11) is 0. The molecule has 4 heteroatoms. The van der Waals surface area contributed by atoms with Crippen LogP contribution in [0.15, 0.2) is 27.4 Å². The lowest BCUT2D eigenvalue weighted by atomic mass is 10.3. The van der Waals surface area contributed by atoms with Crippen molar-refractivity contribution in [2.24, 2.45) is 0 Å². The quantitative estimate of drug-likeness (QED) is 0.619. The summed E-state index contributed by atoms with van der Waals surface area (Å²) in [5.41, 5.74) is 0.756. The van der Waals surface area contributed by atoms with Crippen LogP contribution < -0.4 is 5.76 Å². The third-order valence-electron chi connectivity index (χ3n) is 1.38. The summed E-state index contributed by atoms with van der Waals surface area (Å²) in [5, 5.41) is 0. The zero-order chi connectivity index (χ0) is 7.84. The summed E-state index contributed by atoms with van der Waals surface area (Å²) in [6.45, 7) is 0. The van der Waals surface area contributed by atoms with E-state index in [0.717, 1.165) is 0 Å². The summed E-state index contributed by atoms with van der Waals surface area (Å²) in [6.07, 6.45) is 0. The van der Waals surface area contributed by atoms with E-state index in [1.807, 2.05) is 0 Å². The molecule has 0 amide bonds. The molecule has 1 heterocycles. The number of fused-ring (bicyclic) bond motifs is 1. The third kappa shape index (κ3) is 0.920. The lowest BCUT2D eigenvalue weighted by Gasteiger charge is -1.84. The molecule has 0 aliphatic heterocycles. The molecule has 0 bridgehead atoms.